The van der Waals surface area contributed by atoms with Gasteiger partial charge in [-0.15, -0.1) is 11.3 Å². The summed E-state index contributed by atoms with van der Waals surface area (Å²) in [4.78, 5) is 7.61. The number of alkyl halides is 2. The maximum Gasteiger partial charge on any atom is 0.387 e. The van der Waals surface area contributed by atoms with E-state index in [1.165, 1.54) is 18.1 Å². The zero-order valence-electron chi connectivity index (χ0n) is 15.0. The summed E-state index contributed by atoms with van der Waals surface area (Å²) in [7, 11) is 5.08. The van der Waals surface area contributed by atoms with Gasteiger partial charge in [-0.3, -0.25) is 4.99 Å². The van der Waals surface area contributed by atoms with Crippen molar-refractivity contribution in [1.82, 2.24) is 10.2 Å². The van der Waals surface area contributed by atoms with Crippen LogP contribution in [0.2, 0.25) is 0 Å². The van der Waals surface area contributed by atoms with E-state index in [1.54, 1.807) is 30.5 Å². The van der Waals surface area contributed by atoms with Crippen molar-refractivity contribution in [2.24, 2.45) is 4.99 Å². The van der Waals surface area contributed by atoms with Crippen LogP contribution in [0.5, 0.6) is 11.5 Å². The van der Waals surface area contributed by atoms with E-state index >= 15 is 0 Å². The molecule has 0 spiro atoms. The number of guanidine groups is 1. The molecule has 1 heterocycles. The van der Waals surface area contributed by atoms with Gasteiger partial charge in [-0.05, 0) is 35.6 Å². The lowest BCUT2D eigenvalue weighted by Crippen LogP contribution is -2.39. The third-order valence-electron chi connectivity index (χ3n) is 3.74. The Bertz CT molecular complexity index is 708. The maximum absolute atomic E-state index is 12.5. The number of hydrogen-bond donors (Lipinski definition) is 1. The van der Waals surface area contributed by atoms with E-state index in [4.69, 9.17) is 4.74 Å². The second-order valence-electron chi connectivity index (χ2n) is 5.52. The summed E-state index contributed by atoms with van der Waals surface area (Å²) in [5.74, 6) is 1.02. The zero-order valence-corrected chi connectivity index (χ0v) is 15.9. The molecule has 26 heavy (non-hydrogen) atoms. The molecule has 142 valence electrons. The first-order chi connectivity index (χ1) is 12.5. The van der Waals surface area contributed by atoms with E-state index in [9.17, 15) is 8.78 Å². The molecule has 0 fully saturated rings. The molecule has 1 aromatic carbocycles. The summed E-state index contributed by atoms with van der Waals surface area (Å²) in [5, 5.41) is 5.29. The van der Waals surface area contributed by atoms with Gasteiger partial charge in [0.15, 0.2) is 17.5 Å². The standard InChI is InChI=1S/C18H23F2N3O2S/c1-21-18(23(2)9-8-14-5-4-10-26-14)22-12-13-6-7-15(24-3)16(11-13)25-17(19)20/h4-7,10-11,17H,8-9,12H2,1-3H3,(H,21,22). The molecule has 2 rings (SSSR count). The van der Waals surface area contributed by atoms with Gasteiger partial charge in [-0.1, -0.05) is 12.1 Å². The highest BCUT2D eigenvalue weighted by Crippen LogP contribution is 2.29. The predicted octanol–water partition coefficient (Wildman–Crippen LogP) is 3.61. The zero-order chi connectivity index (χ0) is 18.9. The van der Waals surface area contributed by atoms with E-state index < -0.39 is 6.61 Å². The normalized spacial score (nSPS) is 11.5. The fourth-order valence-electron chi connectivity index (χ4n) is 2.42. The Labute approximate surface area is 156 Å². The molecule has 0 atom stereocenters. The highest BCUT2D eigenvalue weighted by atomic mass is 32.1. The SMILES string of the molecule is CN=C(NCc1ccc(OC)c(OC(F)F)c1)N(C)CCc1cccs1. The highest BCUT2D eigenvalue weighted by molar-refractivity contribution is 7.09. The predicted molar refractivity (Wildman–Crippen MR) is 100 cm³/mol. The molecule has 0 saturated heterocycles. The molecule has 0 unspecified atom stereocenters. The molecule has 0 bridgehead atoms. The quantitative estimate of drug-likeness (QED) is 0.559. The molecule has 0 aliphatic heterocycles. The van der Waals surface area contributed by atoms with Crippen LogP contribution in [0.3, 0.4) is 0 Å². The number of nitrogens with zero attached hydrogens (tertiary/aromatic N) is 2. The smallest absolute Gasteiger partial charge is 0.387 e. The highest BCUT2D eigenvalue weighted by Gasteiger charge is 2.12. The molecule has 0 aliphatic rings. The second-order valence-corrected chi connectivity index (χ2v) is 6.55. The van der Waals surface area contributed by atoms with Gasteiger partial charge in [-0.25, -0.2) is 0 Å². The number of benzene rings is 1. The van der Waals surface area contributed by atoms with Crippen LogP contribution >= 0.6 is 11.3 Å². The number of ether oxygens (including phenoxy) is 2. The van der Waals surface area contributed by atoms with Gasteiger partial charge in [0.25, 0.3) is 0 Å². The van der Waals surface area contributed by atoms with Crippen molar-refractivity contribution >= 4 is 17.3 Å². The first-order valence-corrected chi connectivity index (χ1v) is 8.97. The molecule has 1 aromatic heterocycles. The minimum absolute atomic E-state index is 0.0165. The lowest BCUT2D eigenvalue weighted by molar-refractivity contribution is -0.0512. The summed E-state index contributed by atoms with van der Waals surface area (Å²) in [5.41, 5.74) is 0.786. The molecule has 0 aliphatic carbocycles. The number of nitrogens with one attached hydrogen (secondary N) is 1. The Hall–Kier alpha value is -2.35. The van der Waals surface area contributed by atoms with Crippen LogP contribution in [-0.2, 0) is 13.0 Å². The Morgan fingerprint density at radius 3 is 2.73 bits per heavy atom. The van der Waals surface area contributed by atoms with Crippen molar-refractivity contribution in [1.29, 1.82) is 0 Å². The number of hydrogen-bond acceptors (Lipinski definition) is 4. The van der Waals surface area contributed by atoms with Crippen LogP contribution in [-0.4, -0.2) is 45.2 Å². The fraction of sp³-hybridized carbons (Fsp3) is 0.389. The van der Waals surface area contributed by atoms with Gasteiger partial charge >= 0.3 is 6.61 Å². The summed E-state index contributed by atoms with van der Waals surface area (Å²) >= 11 is 1.73. The molecule has 0 saturated carbocycles. The lowest BCUT2D eigenvalue weighted by atomic mass is 10.2. The first kappa shape index (κ1) is 20.0. The topological polar surface area (TPSA) is 46.1 Å². The van der Waals surface area contributed by atoms with E-state index in [-0.39, 0.29) is 11.5 Å². The third kappa shape index (κ3) is 5.87. The van der Waals surface area contributed by atoms with Gasteiger partial charge in [0.2, 0.25) is 0 Å². The van der Waals surface area contributed by atoms with Crippen LogP contribution in [0, 0.1) is 0 Å². The largest absolute Gasteiger partial charge is 0.493 e. The van der Waals surface area contributed by atoms with Crippen molar-refractivity contribution in [2.75, 3.05) is 27.7 Å². The van der Waals surface area contributed by atoms with Gasteiger partial charge in [0.1, 0.15) is 0 Å². The van der Waals surface area contributed by atoms with Crippen molar-refractivity contribution in [3.63, 3.8) is 0 Å². The van der Waals surface area contributed by atoms with Gasteiger partial charge in [0, 0.05) is 32.1 Å². The third-order valence-corrected chi connectivity index (χ3v) is 4.68. The number of halogens is 2. The molecule has 8 heteroatoms. The van der Waals surface area contributed by atoms with E-state index in [1.807, 2.05) is 18.0 Å². The Morgan fingerprint density at radius 2 is 2.12 bits per heavy atom. The summed E-state index contributed by atoms with van der Waals surface area (Å²) in [6, 6.07) is 9.09. The average molecular weight is 383 g/mol. The Kier molecular flexibility index (Phi) is 7.65. The van der Waals surface area contributed by atoms with Crippen LogP contribution in [0.25, 0.3) is 0 Å². The number of methoxy groups -OCH3 is 1. The minimum atomic E-state index is -2.90. The molecule has 0 radical (unpaired) electrons. The monoisotopic (exact) mass is 383 g/mol. The number of thiophene rings is 1. The van der Waals surface area contributed by atoms with Crippen molar-refractivity contribution in [2.45, 2.75) is 19.6 Å². The van der Waals surface area contributed by atoms with Gasteiger partial charge in [0.05, 0.1) is 7.11 Å². The molecule has 1 N–H and O–H groups in total. The summed E-state index contributed by atoms with van der Waals surface area (Å²) in [6.45, 7) is -1.65. The summed E-state index contributed by atoms with van der Waals surface area (Å²) in [6.07, 6.45) is 0.934. The van der Waals surface area contributed by atoms with Gasteiger partial charge < -0.3 is 19.7 Å². The minimum Gasteiger partial charge on any atom is -0.493 e. The maximum atomic E-state index is 12.5. The fourth-order valence-corrected chi connectivity index (χ4v) is 3.12. The Morgan fingerprint density at radius 1 is 1.31 bits per heavy atom. The van der Waals surface area contributed by atoms with Crippen LogP contribution in [0.15, 0.2) is 40.7 Å². The molecule has 5 nitrogen and oxygen atoms in total. The molecule has 2 aromatic rings. The number of rotatable bonds is 8. The molecular weight excluding hydrogens is 360 g/mol. The van der Waals surface area contributed by atoms with Crippen molar-refractivity contribution in [3.05, 3.63) is 46.2 Å². The van der Waals surface area contributed by atoms with E-state index in [0.717, 1.165) is 24.5 Å². The van der Waals surface area contributed by atoms with Crippen LogP contribution in [0.4, 0.5) is 8.78 Å². The van der Waals surface area contributed by atoms with Crippen molar-refractivity contribution < 1.29 is 18.3 Å². The lowest BCUT2D eigenvalue weighted by Gasteiger charge is -2.22. The number of aliphatic imine (C=N–C) groups is 1. The van der Waals surface area contributed by atoms with Crippen LogP contribution < -0.4 is 14.8 Å². The van der Waals surface area contributed by atoms with E-state index in [0.29, 0.717) is 6.54 Å². The second kappa shape index (κ2) is 9.96. The molecular formula is C18H23F2N3O2S. The number of likely N-dealkylation sites (N-methyl/N-ethyl adjacent to an activating group) is 1. The van der Waals surface area contributed by atoms with Crippen molar-refractivity contribution in [3.8, 4) is 11.5 Å². The van der Waals surface area contributed by atoms with E-state index in [2.05, 4.69) is 26.5 Å². The summed E-state index contributed by atoms with van der Waals surface area (Å²) < 4.78 is 34.6. The van der Waals surface area contributed by atoms with Crippen LogP contribution in [0.1, 0.15) is 10.4 Å². The Balaban J connectivity index is 1.94. The molecule has 0 amide bonds. The first-order valence-electron chi connectivity index (χ1n) is 8.09. The average Bonchev–Trinajstić information content (AvgIpc) is 3.13. The van der Waals surface area contributed by atoms with Gasteiger partial charge in [-0.2, -0.15) is 8.78 Å².